The van der Waals surface area contributed by atoms with Gasteiger partial charge in [-0.2, -0.15) is 11.3 Å². The third kappa shape index (κ3) is 3.78. The van der Waals surface area contributed by atoms with Crippen molar-refractivity contribution >= 4 is 28.0 Å². The maximum Gasteiger partial charge on any atom is 0.254 e. The van der Waals surface area contributed by atoms with Gasteiger partial charge in [0.25, 0.3) is 5.91 Å². The lowest BCUT2D eigenvalue weighted by molar-refractivity contribution is 0.0681. The standard InChI is InChI=1S/C19H19NO2S/c1-22-10-9-20(13-15-8-11-23-14-15)19(21)18-7-6-16-4-2-3-5-17(16)12-18/h2-8,11-12,14H,9-10,13H2,1H3. The zero-order valence-corrected chi connectivity index (χ0v) is 13.9. The van der Waals surface area contributed by atoms with Gasteiger partial charge in [0.15, 0.2) is 0 Å². The van der Waals surface area contributed by atoms with E-state index in [1.165, 1.54) is 0 Å². The van der Waals surface area contributed by atoms with Crippen LogP contribution in [-0.4, -0.2) is 31.1 Å². The fourth-order valence-corrected chi connectivity index (χ4v) is 3.22. The third-order valence-corrected chi connectivity index (χ3v) is 4.53. The van der Waals surface area contributed by atoms with Crippen molar-refractivity contribution in [1.82, 2.24) is 4.90 Å². The fraction of sp³-hybridized carbons (Fsp3) is 0.211. The van der Waals surface area contributed by atoms with Crippen LogP contribution >= 0.6 is 11.3 Å². The van der Waals surface area contributed by atoms with Crippen LogP contribution in [0, 0.1) is 0 Å². The van der Waals surface area contributed by atoms with Crippen molar-refractivity contribution in [3.8, 4) is 0 Å². The summed E-state index contributed by atoms with van der Waals surface area (Å²) in [6, 6.07) is 16.0. The molecule has 0 aliphatic heterocycles. The summed E-state index contributed by atoms with van der Waals surface area (Å²) < 4.78 is 5.16. The number of rotatable bonds is 6. The predicted octanol–water partition coefficient (Wildman–Crippen LogP) is 4.19. The Kier molecular flexibility index (Phi) is 5.05. The first kappa shape index (κ1) is 15.7. The Morgan fingerprint density at radius 2 is 1.96 bits per heavy atom. The van der Waals surface area contributed by atoms with Crippen LogP contribution in [0.1, 0.15) is 15.9 Å². The summed E-state index contributed by atoms with van der Waals surface area (Å²) in [4.78, 5) is 14.7. The van der Waals surface area contributed by atoms with Gasteiger partial charge in [-0.05, 0) is 45.3 Å². The minimum atomic E-state index is 0.0407. The Morgan fingerprint density at radius 1 is 1.13 bits per heavy atom. The molecule has 0 atom stereocenters. The van der Waals surface area contributed by atoms with E-state index in [-0.39, 0.29) is 5.91 Å². The highest BCUT2D eigenvalue weighted by atomic mass is 32.1. The van der Waals surface area contributed by atoms with Gasteiger partial charge in [0.1, 0.15) is 0 Å². The lowest BCUT2D eigenvalue weighted by Crippen LogP contribution is -2.33. The van der Waals surface area contributed by atoms with Gasteiger partial charge in [-0.15, -0.1) is 0 Å². The highest BCUT2D eigenvalue weighted by Gasteiger charge is 2.16. The quantitative estimate of drug-likeness (QED) is 0.680. The fourth-order valence-electron chi connectivity index (χ4n) is 2.56. The number of fused-ring (bicyclic) bond motifs is 1. The summed E-state index contributed by atoms with van der Waals surface area (Å²) in [6.07, 6.45) is 0. The largest absolute Gasteiger partial charge is 0.383 e. The SMILES string of the molecule is COCCN(Cc1ccsc1)C(=O)c1ccc2ccccc2c1. The molecule has 0 radical (unpaired) electrons. The highest BCUT2D eigenvalue weighted by molar-refractivity contribution is 7.07. The monoisotopic (exact) mass is 325 g/mol. The molecule has 1 aromatic heterocycles. The van der Waals surface area contributed by atoms with Crippen LogP contribution in [0.2, 0.25) is 0 Å². The van der Waals surface area contributed by atoms with Crippen LogP contribution in [0.15, 0.2) is 59.3 Å². The molecule has 0 unspecified atom stereocenters. The third-order valence-electron chi connectivity index (χ3n) is 3.80. The smallest absolute Gasteiger partial charge is 0.254 e. The first-order chi connectivity index (χ1) is 11.3. The van der Waals surface area contributed by atoms with Crippen LogP contribution in [-0.2, 0) is 11.3 Å². The minimum absolute atomic E-state index is 0.0407. The molecule has 0 fully saturated rings. The second-order valence-corrected chi connectivity index (χ2v) is 6.19. The number of ether oxygens (including phenoxy) is 1. The van der Waals surface area contributed by atoms with E-state index in [1.54, 1.807) is 18.4 Å². The molecule has 0 saturated carbocycles. The molecule has 0 aliphatic carbocycles. The normalized spacial score (nSPS) is 10.8. The second kappa shape index (κ2) is 7.40. The van der Waals surface area contributed by atoms with E-state index in [9.17, 15) is 4.79 Å². The maximum absolute atomic E-state index is 12.9. The van der Waals surface area contributed by atoms with Crippen molar-refractivity contribution in [3.05, 3.63) is 70.4 Å². The maximum atomic E-state index is 12.9. The van der Waals surface area contributed by atoms with Crippen LogP contribution in [0.5, 0.6) is 0 Å². The van der Waals surface area contributed by atoms with Crippen molar-refractivity contribution in [2.24, 2.45) is 0 Å². The molecule has 3 aromatic rings. The summed E-state index contributed by atoms with van der Waals surface area (Å²) in [5, 5.41) is 6.34. The van der Waals surface area contributed by atoms with Gasteiger partial charge in [0.05, 0.1) is 6.61 Å². The summed E-state index contributed by atoms with van der Waals surface area (Å²) in [7, 11) is 1.66. The van der Waals surface area contributed by atoms with Gasteiger partial charge in [-0.25, -0.2) is 0 Å². The van der Waals surface area contributed by atoms with E-state index < -0.39 is 0 Å². The van der Waals surface area contributed by atoms with Crippen molar-refractivity contribution in [1.29, 1.82) is 0 Å². The lowest BCUT2D eigenvalue weighted by Gasteiger charge is -2.22. The molecule has 1 heterocycles. The molecule has 4 heteroatoms. The van der Waals surface area contributed by atoms with E-state index in [4.69, 9.17) is 4.74 Å². The Bertz CT molecular complexity index is 783. The molecule has 0 saturated heterocycles. The number of thiophene rings is 1. The molecular formula is C19H19NO2S. The van der Waals surface area contributed by atoms with E-state index in [2.05, 4.69) is 17.5 Å². The van der Waals surface area contributed by atoms with E-state index >= 15 is 0 Å². The predicted molar refractivity (Wildman–Crippen MR) is 94.9 cm³/mol. The van der Waals surface area contributed by atoms with Gasteiger partial charge < -0.3 is 9.64 Å². The van der Waals surface area contributed by atoms with Gasteiger partial charge >= 0.3 is 0 Å². The van der Waals surface area contributed by atoms with E-state index in [0.29, 0.717) is 19.7 Å². The highest BCUT2D eigenvalue weighted by Crippen LogP contribution is 2.18. The second-order valence-electron chi connectivity index (χ2n) is 5.41. The van der Waals surface area contributed by atoms with Gasteiger partial charge in [-0.3, -0.25) is 4.79 Å². The summed E-state index contributed by atoms with van der Waals surface area (Å²) in [5.74, 6) is 0.0407. The zero-order chi connectivity index (χ0) is 16.1. The van der Waals surface area contributed by atoms with E-state index in [1.807, 2.05) is 46.7 Å². The molecule has 118 valence electrons. The topological polar surface area (TPSA) is 29.5 Å². The molecule has 23 heavy (non-hydrogen) atoms. The van der Waals surface area contributed by atoms with Crippen LogP contribution in [0.25, 0.3) is 10.8 Å². The number of hydrogen-bond acceptors (Lipinski definition) is 3. The average Bonchev–Trinajstić information content (AvgIpc) is 3.10. The van der Waals surface area contributed by atoms with Crippen molar-refractivity contribution in [3.63, 3.8) is 0 Å². The summed E-state index contributed by atoms with van der Waals surface area (Å²) in [6.45, 7) is 1.72. The zero-order valence-electron chi connectivity index (χ0n) is 13.1. The number of carbonyl (C=O) groups excluding carboxylic acids is 1. The molecule has 0 spiro atoms. The van der Waals surface area contributed by atoms with Crippen molar-refractivity contribution in [2.45, 2.75) is 6.54 Å². The molecule has 3 rings (SSSR count). The molecule has 0 aliphatic rings. The van der Waals surface area contributed by atoms with Crippen molar-refractivity contribution in [2.75, 3.05) is 20.3 Å². The Hall–Kier alpha value is -2.17. The summed E-state index contributed by atoms with van der Waals surface area (Å²) >= 11 is 1.65. The number of hydrogen-bond donors (Lipinski definition) is 0. The van der Waals surface area contributed by atoms with Crippen LogP contribution < -0.4 is 0 Å². The first-order valence-corrected chi connectivity index (χ1v) is 8.50. The average molecular weight is 325 g/mol. The molecule has 3 nitrogen and oxygen atoms in total. The van der Waals surface area contributed by atoms with Crippen LogP contribution in [0.4, 0.5) is 0 Å². The summed E-state index contributed by atoms with van der Waals surface area (Å²) in [5.41, 5.74) is 1.87. The number of carbonyl (C=O) groups is 1. The molecule has 0 N–H and O–H groups in total. The first-order valence-electron chi connectivity index (χ1n) is 7.56. The number of amides is 1. The minimum Gasteiger partial charge on any atom is -0.383 e. The molecule has 2 aromatic carbocycles. The molecule has 1 amide bonds. The Morgan fingerprint density at radius 3 is 2.70 bits per heavy atom. The number of methoxy groups -OCH3 is 1. The lowest BCUT2D eigenvalue weighted by atomic mass is 10.1. The Balaban J connectivity index is 1.85. The van der Waals surface area contributed by atoms with Gasteiger partial charge in [0.2, 0.25) is 0 Å². The number of nitrogens with zero attached hydrogens (tertiary/aromatic N) is 1. The van der Waals surface area contributed by atoms with Gasteiger partial charge in [-0.1, -0.05) is 30.3 Å². The number of benzene rings is 2. The van der Waals surface area contributed by atoms with E-state index in [0.717, 1.165) is 21.9 Å². The van der Waals surface area contributed by atoms with Crippen molar-refractivity contribution < 1.29 is 9.53 Å². The Labute approximate surface area is 140 Å². The van der Waals surface area contributed by atoms with Crippen LogP contribution in [0.3, 0.4) is 0 Å². The molecular weight excluding hydrogens is 306 g/mol. The van der Waals surface area contributed by atoms with Gasteiger partial charge in [0, 0.05) is 25.8 Å². The molecule has 0 bridgehead atoms.